The van der Waals surface area contributed by atoms with Gasteiger partial charge in [0.05, 0.1) is 26.2 Å². The molecule has 0 aromatic heterocycles. The maximum Gasteiger partial charge on any atom is 0.248 e. The van der Waals surface area contributed by atoms with Crippen LogP contribution in [0, 0.1) is 0 Å². The number of sulfonamides is 1. The molecule has 1 saturated heterocycles. The molecule has 8 nitrogen and oxygen atoms in total. The lowest BCUT2D eigenvalue weighted by Crippen LogP contribution is -2.32. The molecule has 0 spiro atoms. The quantitative estimate of drug-likeness (QED) is 0.583. The van der Waals surface area contributed by atoms with Crippen molar-refractivity contribution in [2.75, 3.05) is 39.7 Å². The molecular formula is C24H30N2O6S. The van der Waals surface area contributed by atoms with E-state index < -0.39 is 15.9 Å². The fourth-order valence-electron chi connectivity index (χ4n) is 3.72. The van der Waals surface area contributed by atoms with E-state index in [0.717, 1.165) is 25.7 Å². The number of benzene rings is 2. The van der Waals surface area contributed by atoms with E-state index in [1.54, 1.807) is 36.4 Å². The Hall–Kier alpha value is -3.04. The number of rotatable bonds is 8. The van der Waals surface area contributed by atoms with E-state index in [2.05, 4.69) is 5.32 Å². The van der Waals surface area contributed by atoms with Crippen LogP contribution in [-0.4, -0.2) is 53.0 Å². The number of hydrogen-bond acceptors (Lipinski definition) is 6. The van der Waals surface area contributed by atoms with E-state index >= 15 is 0 Å². The number of hydrogen-bond donors (Lipinski definition) is 1. The Kier molecular flexibility index (Phi) is 8.35. The zero-order valence-electron chi connectivity index (χ0n) is 19.2. The van der Waals surface area contributed by atoms with Gasteiger partial charge in [-0.1, -0.05) is 18.9 Å². The van der Waals surface area contributed by atoms with Crippen LogP contribution in [-0.2, 0) is 14.8 Å². The largest absolute Gasteiger partial charge is 0.493 e. The van der Waals surface area contributed by atoms with Gasteiger partial charge in [0.1, 0.15) is 0 Å². The summed E-state index contributed by atoms with van der Waals surface area (Å²) in [5, 5.41) is 2.72. The van der Waals surface area contributed by atoms with Crippen molar-refractivity contribution in [2.24, 2.45) is 0 Å². The van der Waals surface area contributed by atoms with Crippen LogP contribution < -0.4 is 19.5 Å². The molecule has 1 aliphatic heterocycles. The Morgan fingerprint density at radius 1 is 0.939 bits per heavy atom. The predicted molar refractivity (Wildman–Crippen MR) is 127 cm³/mol. The monoisotopic (exact) mass is 474 g/mol. The van der Waals surface area contributed by atoms with Crippen LogP contribution >= 0.6 is 0 Å². The molecule has 0 radical (unpaired) electrons. The number of nitrogens with one attached hydrogen (secondary N) is 1. The molecule has 178 valence electrons. The van der Waals surface area contributed by atoms with Crippen LogP contribution in [0.15, 0.2) is 47.4 Å². The first-order chi connectivity index (χ1) is 15.9. The summed E-state index contributed by atoms with van der Waals surface area (Å²) in [5.74, 6) is 1.02. The van der Waals surface area contributed by atoms with Crippen molar-refractivity contribution >= 4 is 27.7 Å². The van der Waals surface area contributed by atoms with Crippen molar-refractivity contribution in [1.29, 1.82) is 0 Å². The van der Waals surface area contributed by atoms with Gasteiger partial charge in [-0.05, 0) is 54.8 Å². The highest BCUT2D eigenvalue weighted by molar-refractivity contribution is 7.89. The maximum absolute atomic E-state index is 13.0. The van der Waals surface area contributed by atoms with Crippen molar-refractivity contribution in [3.05, 3.63) is 48.0 Å². The molecular weight excluding hydrogens is 444 g/mol. The summed E-state index contributed by atoms with van der Waals surface area (Å²) in [6.07, 6.45) is 6.78. The maximum atomic E-state index is 13.0. The predicted octanol–water partition coefficient (Wildman–Crippen LogP) is 3.93. The Morgan fingerprint density at radius 3 is 2.15 bits per heavy atom. The number of methoxy groups -OCH3 is 3. The van der Waals surface area contributed by atoms with Gasteiger partial charge in [0.15, 0.2) is 11.5 Å². The van der Waals surface area contributed by atoms with E-state index in [1.807, 2.05) is 0 Å². The molecule has 1 N–H and O–H groups in total. The Balaban J connectivity index is 1.74. The minimum Gasteiger partial charge on any atom is -0.493 e. The first-order valence-electron chi connectivity index (χ1n) is 10.8. The molecule has 0 saturated carbocycles. The van der Waals surface area contributed by atoms with Gasteiger partial charge >= 0.3 is 0 Å². The molecule has 1 aliphatic rings. The van der Waals surface area contributed by atoms with Crippen molar-refractivity contribution in [3.8, 4) is 17.2 Å². The minimum absolute atomic E-state index is 0.177. The minimum atomic E-state index is -3.60. The average molecular weight is 475 g/mol. The summed E-state index contributed by atoms with van der Waals surface area (Å²) in [6.45, 7) is 1.05. The van der Waals surface area contributed by atoms with Gasteiger partial charge in [-0.15, -0.1) is 0 Å². The molecule has 0 atom stereocenters. The second-order valence-electron chi connectivity index (χ2n) is 7.63. The van der Waals surface area contributed by atoms with Crippen LogP contribution in [0.5, 0.6) is 17.2 Å². The summed E-state index contributed by atoms with van der Waals surface area (Å²) in [7, 11) is 0.958. The molecule has 33 heavy (non-hydrogen) atoms. The van der Waals surface area contributed by atoms with Gasteiger partial charge in [-0.2, -0.15) is 4.31 Å². The van der Waals surface area contributed by atoms with Gasteiger partial charge in [0.2, 0.25) is 21.7 Å². The lowest BCUT2D eigenvalue weighted by Gasteiger charge is -2.20. The first kappa shape index (κ1) is 24.6. The number of carbonyl (C=O) groups excluding carboxylic acids is 1. The van der Waals surface area contributed by atoms with Crippen molar-refractivity contribution in [3.63, 3.8) is 0 Å². The summed E-state index contributed by atoms with van der Waals surface area (Å²) in [6, 6.07) is 9.78. The molecule has 1 fully saturated rings. The summed E-state index contributed by atoms with van der Waals surface area (Å²) in [5.41, 5.74) is 1.09. The molecule has 0 unspecified atom stereocenters. The second-order valence-corrected chi connectivity index (χ2v) is 9.57. The Bertz CT molecular complexity index is 1080. The molecule has 0 bridgehead atoms. The summed E-state index contributed by atoms with van der Waals surface area (Å²) >= 11 is 0. The van der Waals surface area contributed by atoms with Crippen molar-refractivity contribution in [1.82, 2.24) is 4.31 Å². The third-order valence-corrected chi connectivity index (χ3v) is 7.31. The molecule has 9 heteroatoms. The van der Waals surface area contributed by atoms with E-state index in [0.29, 0.717) is 41.6 Å². The number of amides is 1. The number of carbonyl (C=O) groups is 1. The zero-order valence-corrected chi connectivity index (χ0v) is 20.0. The third kappa shape index (κ3) is 6.06. The fourth-order valence-corrected chi connectivity index (χ4v) is 5.28. The van der Waals surface area contributed by atoms with Crippen molar-refractivity contribution in [2.45, 2.75) is 30.6 Å². The molecule has 0 aliphatic carbocycles. The lowest BCUT2D eigenvalue weighted by atomic mass is 10.1. The molecule has 1 heterocycles. The zero-order chi connectivity index (χ0) is 23.8. The van der Waals surface area contributed by atoms with E-state index in [-0.39, 0.29) is 4.90 Å². The Morgan fingerprint density at radius 2 is 1.58 bits per heavy atom. The van der Waals surface area contributed by atoms with Gasteiger partial charge in [-0.3, -0.25) is 4.79 Å². The SMILES string of the molecule is COc1cc(/C=C/C(=O)Nc2cccc(S(=O)(=O)N3CCCCCC3)c2)cc(OC)c1OC. The Labute approximate surface area is 195 Å². The van der Waals surface area contributed by atoms with Crippen LogP contribution in [0.4, 0.5) is 5.69 Å². The topological polar surface area (TPSA) is 94.2 Å². The second kappa shape index (κ2) is 11.2. The molecule has 1 amide bonds. The number of anilines is 1. The van der Waals surface area contributed by atoms with E-state index in [9.17, 15) is 13.2 Å². The van der Waals surface area contributed by atoms with Crippen LogP contribution in [0.2, 0.25) is 0 Å². The van der Waals surface area contributed by atoms with Gasteiger partial charge in [0, 0.05) is 24.9 Å². The van der Waals surface area contributed by atoms with Crippen molar-refractivity contribution < 1.29 is 27.4 Å². The number of ether oxygens (including phenoxy) is 3. The molecule has 3 rings (SSSR count). The van der Waals surface area contributed by atoms with Crippen LogP contribution in [0.25, 0.3) is 6.08 Å². The fraction of sp³-hybridized carbons (Fsp3) is 0.375. The van der Waals surface area contributed by atoms with E-state index in [4.69, 9.17) is 14.2 Å². The van der Waals surface area contributed by atoms with Gasteiger partial charge in [0.25, 0.3) is 0 Å². The molecule has 2 aromatic rings. The standard InChI is InChI=1S/C24H30N2O6S/c1-30-21-15-18(16-22(31-2)24(21)32-3)11-12-23(27)25-19-9-8-10-20(17-19)33(28,29)26-13-6-4-5-7-14-26/h8-12,15-17H,4-7,13-14H2,1-3H3,(H,25,27)/b12-11+. The average Bonchev–Trinajstić information content (AvgIpc) is 3.12. The summed E-state index contributed by atoms with van der Waals surface area (Å²) in [4.78, 5) is 12.7. The van der Waals surface area contributed by atoms with Crippen LogP contribution in [0.1, 0.15) is 31.2 Å². The van der Waals surface area contributed by atoms with Gasteiger partial charge < -0.3 is 19.5 Å². The third-order valence-electron chi connectivity index (χ3n) is 5.42. The van der Waals surface area contributed by atoms with Crippen LogP contribution in [0.3, 0.4) is 0 Å². The first-order valence-corrected chi connectivity index (χ1v) is 12.2. The highest BCUT2D eigenvalue weighted by atomic mass is 32.2. The highest BCUT2D eigenvalue weighted by Gasteiger charge is 2.25. The molecule has 2 aromatic carbocycles. The van der Waals surface area contributed by atoms with E-state index in [1.165, 1.54) is 37.8 Å². The highest BCUT2D eigenvalue weighted by Crippen LogP contribution is 2.38. The van der Waals surface area contributed by atoms with Gasteiger partial charge in [-0.25, -0.2) is 8.42 Å². The smallest absolute Gasteiger partial charge is 0.248 e. The normalized spacial score (nSPS) is 15.1. The number of nitrogens with zero attached hydrogens (tertiary/aromatic N) is 1. The summed E-state index contributed by atoms with van der Waals surface area (Å²) < 4.78 is 43.5. The lowest BCUT2D eigenvalue weighted by molar-refractivity contribution is -0.111.